The summed E-state index contributed by atoms with van der Waals surface area (Å²) in [7, 11) is 0. The molecule has 0 unspecified atom stereocenters. The van der Waals surface area contributed by atoms with Gasteiger partial charge in [-0.1, -0.05) is 0 Å². The SMILES string of the molecule is O=[N+]([O-])C1=CNC=C([N+](=O)[O-])[C]1. The second kappa shape index (κ2) is 2.99. The molecule has 0 fully saturated rings. The third-order valence-electron chi connectivity index (χ3n) is 1.09. The maximum atomic E-state index is 10.1. The van der Waals surface area contributed by atoms with Crippen molar-refractivity contribution in [2.45, 2.75) is 0 Å². The lowest BCUT2D eigenvalue weighted by Gasteiger charge is -2.01. The lowest BCUT2D eigenvalue weighted by molar-refractivity contribution is -0.440. The summed E-state index contributed by atoms with van der Waals surface area (Å²) in [6.45, 7) is 0. The minimum atomic E-state index is -0.760. The van der Waals surface area contributed by atoms with Gasteiger partial charge in [0, 0.05) is 0 Å². The summed E-state index contributed by atoms with van der Waals surface area (Å²) < 4.78 is 0. The standard InChI is InChI=1S/C5H3N3O4/c9-7(10)4-1-5(8(11)12)3-6-2-4/h2-3,6H. The van der Waals surface area contributed by atoms with E-state index in [1.54, 1.807) is 0 Å². The van der Waals surface area contributed by atoms with Crippen molar-refractivity contribution in [1.29, 1.82) is 0 Å². The molecule has 0 saturated heterocycles. The van der Waals surface area contributed by atoms with Crippen LogP contribution in [0.2, 0.25) is 0 Å². The molecule has 62 valence electrons. The van der Waals surface area contributed by atoms with E-state index in [1.165, 1.54) is 0 Å². The largest absolute Gasteiger partial charge is 0.357 e. The number of nitrogens with one attached hydrogen (secondary N) is 1. The monoisotopic (exact) mass is 169 g/mol. The van der Waals surface area contributed by atoms with E-state index >= 15 is 0 Å². The van der Waals surface area contributed by atoms with Gasteiger partial charge in [-0.25, -0.2) is 0 Å². The molecule has 0 aromatic carbocycles. The van der Waals surface area contributed by atoms with Crippen molar-refractivity contribution in [2.75, 3.05) is 0 Å². The molecule has 0 amide bonds. The number of hydrogen-bond donors (Lipinski definition) is 1. The highest BCUT2D eigenvalue weighted by molar-refractivity contribution is 5.23. The summed E-state index contributed by atoms with van der Waals surface area (Å²) in [6.07, 6.45) is 4.06. The molecular weight excluding hydrogens is 166 g/mol. The van der Waals surface area contributed by atoms with Gasteiger partial charge in [0.1, 0.15) is 0 Å². The Hall–Kier alpha value is -1.92. The predicted molar refractivity (Wildman–Crippen MR) is 36.5 cm³/mol. The van der Waals surface area contributed by atoms with Crippen molar-refractivity contribution in [3.8, 4) is 0 Å². The molecule has 12 heavy (non-hydrogen) atoms. The van der Waals surface area contributed by atoms with Crippen LogP contribution in [0.25, 0.3) is 0 Å². The van der Waals surface area contributed by atoms with Crippen molar-refractivity contribution < 1.29 is 9.85 Å². The summed E-state index contributed by atoms with van der Waals surface area (Å²) >= 11 is 0. The highest BCUT2D eigenvalue weighted by Gasteiger charge is 2.25. The van der Waals surface area contributed by atoms with Crippen LogP contribution in [-0.4, -0.2) is 9.85 Å². The van der Waals surface area contributed by atoms with Crippen molar-refractivity contribution in [1.82, 2.24) is 5.32 Å². The van der Waals surface area contributed by atoms with Crippen LogP contribution in [0, 0.1) is 26.6 Å². The fourth-order valence-corrected chi connectivity index (χ4v) is 0.600. The van der Waals surface area contributed by atoms with Gasteiger partial charge in [0.2, 0.25) is 6.42 Å². The zero-order valence-corrected chi connectivity index (χ0v) is 5.68. The van der Waals surface area contributed by atoms with Gasteiger partial charge in [-0.2, -0.15) is 0 Å². The Balaban J connectivity index is 2.73. The molecule has 0 bridgehead atoms. The van der Waals surface area contributed by atoms with Gasteiger partial charge in [-0.05, 0) is 0 Å². The second-order valence-electron chi connectivity index (χ2n) is 1.87. The highest BCUT2D eigenvalue weighted by atomic mass is 16.6. The van der Waals surface area contributed by atoms with Gasteiger partial charge in [0.05, 0.1) is 22.2 Å². The van der Waals surface area contributed by atoms with Crippen molar-refractivity contribution in [3.05, 3.63) is 50.4 Å². The van der Waals surface area contributed by atoms with E-state index < -0.39 is 21.2 Å². The van der Waals surface area contributed by atoms with Crippen molar-refractivity contribution >= 4 is 0 Å². The number of nitrogens with zero attached hydrogens (tertiary/aromatic N) is 2. The van der Waals surface area contributed by atoms with Gasteiger partial charge < -0.3 is 5.32 Å². The average Bonchev–Trinajstić information content (AvgIpc) is 2.04. The lowest BCUT2D eigenvalue weighted by atomic mass is 10.2. The minimum absolute atomic E-state index is 0.454. The topological polar surface area (TPSA) is 98.3 Å². The molecule has 0 aromatic heterocycles. The van der Waals surface area contributed by atoms with Crippen LogP contribution in [0.15, 0.2) is 23.8 Å². The lowest BCUT2D eigenvalue weighted by Crippen LogP contribution is -2.16. The van der Waals surface area contributed by atoms with Crippen LogP contribution in [0.3, 0.4) is 0 Å². The van der Waals surface area contributed by atoms with Crippen LogP contribution in [-0.2, 0) is 0 Å². The van der Waals surface area contributed by atoms with Gasteiger partial charge in [0.25, 0.3) is 11.4 Å². The van der Waals surface area contributed by atoms with Crippen LogP contribution >= 0.6 is 0 Å². The fourth-order valence-electron chi connectivity index (χ4n) is 0.600. The summed E-state index contributed by atoms with van der Waals surface area (Å²) in [5.74, 6) is 0. The van der Waals surface area contributed by atoms with Crippen molar-refractivity contribution in [3.63, 3.8) is 0 Å². The molecule has 7 heteroatoms. The molecular formula is C5H3N3O4. The Morgan fingerprint density at radius 1 is 1.17 bits per heavy atom. The molecule has 2 radical (unpaired) electrons. The van der Waals surface area contributed by atoms with Gasteiger partial charge in [0.15, 0.2) is 0 Å². The zero-order valence-electron chi connectivity index (χ0n) is 5.68. The molecule has 0 saturated carbocycles. The third-order valence-corrected chi connectivity index (χ3v) is 1.09. The van der Waals surface area contributed by atoms with E-state index in [9.17, 15) is 20.2 Å². The first-order valence-corrected chi connectivity index (χ1v) is 2.83. The molecule has 0 atom stereocenters. The quantitative estimate of drug-likeness (QED) is 0.460. The summed E-state index contributed by atoms with van der Waals surface area (Å²) in [5.41, 5.74) is -0.909. The second-order valence-corrected chi connectivity index (χ2v) is 1.87. The number of dihydropyridines is 1. The first kappa shape index (κ1) is 8.18. The van der Waals surface area contributed by atoms with Crippen LogP contribution in [0.4, 0.5) is 0 Å². The Morgan fingerprint density at radius 2 is 1.58 bits per heavy atom. The molecule has 1 aliphatic rings. The number of nitro groups is 2. The van der Waals surface area contributed by atoms with Crippen LogP contribution in [0.1, 0.15) is 0 Å². The van der Waals surface area contributed by atoms with E-state index in [0.29, 0.717) is 0 Å². The van der Waals surface area contributed by atoms with E-state index in [2.05, 4.69) is 5.32 Å². The van der Waals surface area contributed by atoms with E-state index in [1.807, 2.05) is 6.42 Å². The summed E-state index contributed by atoms with van der Waals surface area (Å²) in [6, 6.07) is 0. The average molecular weight is 169 g/mol. The van der Waals surface area contributed by atoms with Crippen molar-refractivity contribution in [2.24, 2.45) is 0 Å². The number of hydrogen-bond acceptors (Lipinski definition) is 5. The van der Waals surface area contributed by atoms with Gasteiger partial charge >= 0.3 is 0 Å². The molecule has 0 aliphatic carbocycles. The normalized spacial score (nSPS) is 15.7. The molecule has 0 aromatic rings. The maximum absolute atomic E-state index is 10.1. The molecule has 1 rings (SSSR count). The minimum Gasteiger partial charge on any atom is -0.357 e. The molecule has 0 spiro atoms. The fraction of sp³-hybridized carbons (Fsp3) is 0. The third kappa shape index (κ3) is 1.57. The first-order valence-electron chi connectivity index (χ1n) is 2.83. The Bertz CT molecular complexity index is 265. The van der Waals surface area contributed by atoms with E-state index in [4.69, 9.17) is 0 Å². The molecule has 7 nitrogen and oxygen atoms in total. The van der Waals surface area contributed by atoms with Gasteiger partial charge in [-0.3, -0.25) is 20.2 Å². The van der Waals surface area contributed by atoms with E-state index in [-0.39, 0.29) is 0 Å². The summed E-state index contributed by atoms with van der Waals surface area (Å²) in [4.78, 5) is 18.7. The Labute approximate surface area is 66.7 Å². The highest BCUT2D eigenvalue weighted by Crippen LogP contribution is 2.12. The van der Waals surface area contributed by atoms with E-state index in [0.717, 1.165) is 12.4 Å². The molecule has 1 heterocycles. The first-order chi connectivity index (χ1) is 5.61. The molecule has 1 N–H and O–H groups in total. The summed E-state index contributed by atoms with van der Waals surface area (Å²) in [5, 5.41) is 22.5. The molecule has 1 aliphatic heterocycles. The predicted octanol–water partition coefficient (Wildman–Crippen LogP) is -0.0929. The Kier molecular flexibility index (Phi) is 2.04. The Morgan fingerprint density at radius 3 is 1.92 bits per heavy atom. The number of rotatable bonds is 2. The zero-order chi connectivity index (χ0) is 9.14. The van der Waals surface area contributed by atoms with Gasteiger partial charge in [-0.15, -0.1) is 0 Å². The van der Waals surface area contributed by atoms with Crippen LogP contribution < -0.4 is 5.32 Å². The smallest absolute Gasteiger partial charge is 0.282 e. The van der Waals surface area contributed by atoms with Crippen LogP contribution in [0.5, 0.6) is 0 Å². The maximum Gasteiger partial charge on any atom is 0.282 e.